The molecule has 0 aliphatic rings. The predicted octanol–water partition coefficient (Wildman–Crippen LogP) is 1.81. The smallest absolute Gasteiger partial charge is 0.252 e. The number of anilines is 1. The molecule has 4 N–H and O–H groups in total. The van der Waals surface area contributed by atoms with E-state index in [-0.39, 0.29) is 43.9 Å². The molecule has 0 saturated carbocycles. The van der Waals surface area contributed by atoms with Gasteiger partial charge in [-0.15, -0.1) is 24.8 Å². The zero-order chi connectivity index (χ0) is 17.8. The van der Waals surface area contributed by atoms with Gasteiger partial charge in [-0.05, 0) is 31.9 Å². The van der Waals surface area contributed by atoms with E-state index in [1.807, 2.05) is 0 Å². The van der Waals surface area contributed by atoms with Crippen LogP contribution in [-0.4, -0.2) is 72.4 Å². The Labute approximate surface area is 172 Å². The Bertz CT molecular complexity index is 502. The summed E-state index contributed by atoms with van der Waals surface area (Å²) in [7, 11) is 1.56. The Morgan fingerprint density at radius 3 is 2.27 bits per heavy atom. The van der Waals surface area contributed by atoms with Gasteiger partial charge in [-0.2, -0.15) is 0 Å². The van der Waals surface area contributed by atoms with Crippen LogP contribution in [0, 0.1) is 0 Å². The topological polar surface area (TPSA) is 97.7 Å². The third-order valence-electron chi connectivity index (χ3n) is 3.57. The fraction of sp³-hybridized carbons (Fsp3) is 0.625. The Morgan fingerprint density at radius 1 is 1.15 bits per heavy atom. The van der Waals surface area contributed by atoms with Gasteiger partial charge in [0.1, 0.15) is 5.82 Å². The van der Waals surface area contributed by atoms with Crippen molar-refractivity contribution in [3.63, 3.8) is 0 Å². The quantitative estimate of drug-likeness (QED) is 0.377. The molecule has 1 aromatic heterocycles. The largest absolute Gasteiger partial charge is 0.396 e. The summed E-state index contributed by atoms with van der Waals surface area (Å²) in [4.78, 5) is 18.1. The second kappa shape index (κ2) is 16.4. The maximum Gasteiger partial charge on any atom is 0.252 e. The molecule has 0 unspecified atom stereocenters. The first-order valence-electron chi connectivity index (χ1n) is 8.18. The molecule has 0 aliphatic heterocycles. The van der Waals surface area contributed by atoms with Gasteiger partial charge in [-0.25, -0.2) is 4.98 Å². The molecule has 26 heavy (non-hydrogen) atoms. The van der Waals surface area contributed by atoms with Crippen LogP contribution in [0.5, 0.6) is 0 Å². The Balaban J connectivity index is 0. The second-order valence-corrected chi connectivity index (χ2v) is 5.75. The molecule has 0 bridgehead atoms. The molecule has 0 aromatic carbocycles. The standard InChI is InChI=1S/C16H27ClN4O3.2ClH/c1-18-16(24)13-5-7-20-15(14(13)17)19-6-2-8-21(9-3-11-22)10-4-12-23;;/h5,7,22-23H,2-4,6,8-12H2,1H3,(H,18,24)(H,19,20);2*1H. The molecule has 1 amide bonds. The van der Waals surface area contributed by atoms with E-state index >= 15 is 0 Å². The lowest BCUT2D eigenvalue weighted by Crippen LogP contribution is -2.29. The van der Waals surface area contributed by atoms with Gasteiger partial charge in [0.25, 0.3) is 5.91 Å². The van der Waals surface area contributed by atoms with Crippen molar-refractivity contribution in [1.29, 1.82) is 0 Å². The van der Waals surface area contributed by atoms with Gasteiger partial charge in [0, 0.05) is 46.1 Å². The van der Waals surface area contributed by atoms with E-state index in [0.717, 1.165) is 38.9 Å². The van der Waals surface area contributed by atoms with Crippen molar-refractivity contribution in [3.8, 4) is 0 Å². The molecule has 0 saturated heterocycles. The molecule has 0 fully saturated rings. The summed E-state index contributed by atoms with van der Waals surface area (Å²) in [6, 6.07) is 1.58. The second-order valence-electron chi connectivity index (χ2n) is 5.38. The lowest BCUT2D eigenvalue weighted by Gasteiger charge is -2.21. The van der Waals surface area contributed by atoms with E-state index in [1.54, 1.807) is 19.3 Å². The van der Waals surface area contributed by atoms with E-state index in [2.05, 4.69) is 20.5 Å². The van der Waals surface area contributed by atoms with Crippen LogP contribution >= 0.6 is 36.4 Å². The number of aliphatic hydroxyl groups excluding tert-OH is 2. The van der Waals surface area contributed by atoms with Gasteiger partial charge in [0.2, 0.25) is 0 Å². The lowest BCUT2D eigenvalue weighted by molar-refractivity contribution is 0.0963. The van der Waals surface area contributed by atoms with Gasteiger partial charge in [0.05, 0.1) is 10.6 Å². The Morgan fingerprint density at radius 2 is 1.73 bits per heavy atom. The predicted molar refractivity (Wildman–Crippen MR) is 110 cm³/mol. The summed E-state index contributed by atoms with van der Waals surface area (Å²) >= 11 is 6.21. The first-order valence-corrected chi connectivity index (χ1v) is 8.56. The van der Waals surface area contributed by atoms with Crippen LogP contribution in [0.2, 0.25) is 5.02 Å². The molecule has 0 atom stereocenters. The number of rotatable bonds is 12. The minimum absolute atomic E-state index is 0. The molecule has 1 rings (SSSR count). The zero-order valence-corrected chi connectivity index (χ0v) is 17.3. The number of pyridine rings is 1. The lowest BCUT2D eigenvalue weighted by atomic mass is 10.2. The number of amides is 1. The number of carbonyl (C=O) groups excluding carboxylic acids is 1. The van der Waals surface area contributed by atoms with E-state index in [0.29, 0.717) is 22.9 Å². The molecule has 0 radical (unpaired) electrons. The monoisotopic (exact) mass is 430 g/mol. The van der Waals surface area contributed by atoms with Crippen molar-refractivity contribution < 1.29 is 15.0 Å². The first-order chi connectivity index (χ1) is 11.6. The molecule has 7 nitrogen and oxygen atoms in total. The number of aromatic nitrogens is 1. The molecular formula is C16H29Cl3N4O3. The van der Waals surface area contributed by atoms with E-state index in [4.69, 9.17) is 21.8 Å². The molecule has 152 valence electrons. The van der Waals surface area contributed by atoms with Crippen molar-refractivity contribution in [2.45, 2.75) is 19.3 Å². The number of nitrogens with one attached hydrogen (secondary N) is 2. The van der Waals surface area contributed by atoms with Crippen LogP contribution in [0.25, 0.3) is 0 Å². The highest BCUT2D eigenvalue weighted by Gasteiger charge is 2.13. The summed E-state index contributed by atoms with van der Waals surface area (Å²) in [5.74, 6) is 0.250. The van der Waals surface area contributed by atoms with Crippen molar-refractivity contribution in [3.05, 3.63) is 22.8 Å². The van der Waals surface area contributed by atoms with Crippen LogP contribution in [0.1, 0.15) is 29.6 Å². The molecule has 1 heterocycles. The summed E-state index contributed by atoms with van der Waals surface area (Å²) in [5, 5.41) is 23.9. The zero-order valence-electron chi connectivity index (χ0n) is 14.9. The maximum atomic E-state index is 11.7. The van der Waals surface area contributed by atoms with E-state index in [1.165, 1.54) is 0 Å². The minimum atomic E-state index is -0.246. The van der Waals surface area contributed by atoms with Crippen molar-refractivity contribution in [2.24, 2.45) is 0 Å². The highest BCUT2D eigenvalue weighted by atomic mass is 35.5. The average Bonchev–Trinajstić information content (AvgIpc) is 2.60. The third kappa shape index (κ3) is 9.75. The van der Waals surface area contributed by atoms with Gasteiger partial charge in [-0.3, -0.25) is 4.79 Å². The fourth-order valence-corrected chi connectivity index (χ4v) is 2.57. The SMILES string of the molecule is CNC(=O)c1ccnc(NCCCN(CCCO)CCCO)c1Cl.Cl.Cl. The van der Waals surface area contributed by atoms with Crippen LogP contribution in [-0.2, 0) is 0 Å². The van der Waals surface area contributed by atoms with Crippen LogP contribution in [0.15, 0.2) is 12.3 Å². The third-order valence-corrected chi connectivity index (χ3v) is 3.95. The Kier molecular flexibility index (Phi) is 17.2. The molecule has 1 aromatic rings. The number of hydrogen-bond acceptors (Lipinski definition) is 6. The van der Waals surface area contributed by atoms with E-state index < -0.39 is 0 Å². The normalized spacial score (nSPS) is 10.0. The van der Waals surface area contributed by atoms with Crippen LogP contribution < -0.4 is 10.6 Å². The van der Waals surface area contributed by atoms with Gasteiger partial charge >= 0.3 is 0 Å². The minimum Gasteiger partial charge on any atom is -0.396 e. The van der Waals surface area contributed by atoms with Gasteiger partial charge < -0.3 is 25.7 Å². The average molecular weight is 432 g/mol. The number of aliphatic hydroxyl groups is 2. The first kappa shape index (κ1) is 27.4. The molecule has 10 heteroatoms. The highest BCUT2D eigenvalue weighted by Crippen LogP contribution is 2.23. The molecule has 0 aliphatic carbocycles. The Hall–Kier alpha value is -0.830. The van der Waals surface area contributed by atoms with Crippen molar-refractivity contribution in [2.75, 3.05) is 51.8 Å². The van der Waals surface area contributed by atoms with Crippen LogP contribution in [0.3, 0.4) is 0 Å². The van der Waals surface area contributed by atoms with Crippen molar-refractivity contribution in [1.82, 2.24) is 15.2 Å². The number of hydrogen-bond donors (Lipinski definition) is 4. The molecular weight excluding hydrogens is 403 g/mol. The van der Waals surface area contributed by atoms with Crippen molar-refractivity contribution >= 4 is 48.1 Å². The molecule has 0 spiro atoms. The summed E-state index contributed by atoms with van der Waals surface area (Å²) in [5.41, 5.74) is 0.393. The number of nitrogens with zero attached hydrogens (tertiary/aromatic N) is 2. The number of halogens is 3. The summed E-state index contributed by atoms with van der Waals surface area (Å²) < 4.78 is 0. The summed E-state index contributed by atoms with van der Waals surface area (Å²) in [6.45, 7) is 3.46. The summed E-state index contributed by atoms with van der Waals surface area (Å²) in [6.07, 6.45) is 3.85. The van der Waals surface area contributed by atoms with Gasteiger partial charge in [0.15, 0.2) is 0 Å². The fourth-order valence-electron chi connectivity index (χ4n) is 2.31. The maximum absolute atomic E-state index is 11.7. The van der Waals surface area contributed by atoms with Crippen LogP contribution in [0.4, 0.5) is 5.82 Å². The number of carbonyl (C=O) groups is 1. The highest BCUT2D eigenvalue weighted by molar-refractivity contribution is 6.36. The van der Waals surface area contributed by atoms with Gasteiger partial charge in [-0.1, -0.05) is 11.6 Å². The van der Waals surface area contributed by atoms with E-state index in [9.17, 15) is 4.79 Å².